The Bertz CT molecular complexity index is 8230. The van der Waals surface area contributed by atoms with Gasteiger partial charge in [-0.3, -0.25) is 0 Å². The number of halogens is 2. The van der Waals surface area contributed by atoms with Gasteiger partial charge in [-0.1, -0.05) is 439 Å². The van der Waals surface area contributed by atoms with E-state index in [1.807, 2.05) is 22.3 Å². The Morgan fingerprint density at radius 3 is 1.05 bits per heavy atom. The highest BCUT2D eigenvalue weighted by atomic mass is 127. The second kappa shape index (κ2) is 45.1. The van der Waals surface area contributed by atoms with Crippen molar-refractivity contribution in [1.82, 2.24) is 0 Å². The van der Waals surface area contributed by atoms with E-state index in [1.54, 1.807) is 0 Å². The number of thiophene rings is 1. The lowest BCUT2D eigenvalue weighted by molar-refractivity contribution is 0.636. The maximum atomic E-state index is 7.03. The Labute approximate surface area is 909 Å². The van der Waals surface area contributed by atoms with Crippen molar-refractivity contribution < 1.29 is 4.42 Å². The molecule has 24 radical (unpaired) electrons. The van der Waals surface area contributed by atoms with Crippen LogP contribution < -0.4 is 10.2 Å². The molecule has 0 saturated heterocycles. The summed E-state index contributed by atoms with van der Waals surface area (Å²) in [7, 11) is 69.7. The van der Waals surface area contributed by atoms with E-state index in [2.05, 4.69) is 516 Å². The average Bonchev–Trinajstić information content (AvgIpc) is 1.54. The quantitative estimate of drug-likeness (QED) is 0.0317. The molecule has 28 heteroatoms. The van der Waals surface area contributed by atoms with Crippen LogP contribution >= 0.6 is 49.9 Å². The molecule has 2 aromatic heterocycles. The van der Waals surface area contributed by atoms with E-state index in [9.17, 15) is 0 Å². The van der Waals surface area contributed by atoms with Crippen LogP contribution in [-0.2, 0) is 10.8 Å². The molecule has 0 amide bonds. The number of hydrogen-bond donors (Lipinski definition) is 1. The number of alkyl halides is 1. The zero-order valence-electron chi connectivity index (χ0n) is 81.3. The molecule has 22 aromatic rings. The standard InChI is InChI=1S/C59H39NO.C31H23N.C28H17BrS.CH3I.B22/c1-5-19-41(20-6-1)57-55(56-51-30-15-13-27-47(51)48-28-14-16-31-52(48)58(56)61-57)40-33-35-45(36-34-40)60(44-25-11-4-12-26-44)46-37-38-50-49-29-17-18-32-53(49)59(54(50)39-46,42-21-7-2-8-22-42)43-23-9-3-10-24-43;1-4-12-23(13-5-1)31(24-14-6-2-7-15-24)29-19-11-10-18-27(29)28-21-20-26(22-30(28)31)32-25-16-8-3-9-17-25;29-20-16-14-18(15-17-20)25-26-23-12-6-4-10-21(23)22-11-5-7-13-24(22)28(26)30-27(25)19-8-2-1-3-9-19;1-2;1-13(2)19(14(3)4)22(20(15(5)6)16(7)8)21(17(9)10)18(11)12/h1-39H;1-22,32H;1-17H;1H3;. The molecule has 0 spiro atoms. The molecule has 0 unspecified atom stereocenters. The van der Waals surface area contributed by atoms with Crippen molar-refractivity contribution in [2.45, 2.75) is 10.8 Å². The molecule has 2 aliphatic rings. The minimum atomic E-state index is -0.926. The van der Waals surface area contributed by atoms with Crippen LogP contribution in [0.1, 0.15) is 44.5 Å². The molecule has 2 aliphatic carbocycles. The van der Waals surface area contributed by atoms with Crippen molar-refractivity contribution in [2.24, 2.45) is 0 Å². The maximum Gasteiger partial charge on any atom is 0.143 e. The van der Waals surface area contributed by atoms with E-state index >= 15 is 0 Å². The van der Waals surface area contributed by atoms with Crippen LogP contribution in [0.5, 0.6) is 0 Å². The number of fused-ring (bicyclic) bond motifs is 18. The smallest absolute Gasteiger partial charge is 0.143 e. The van der Waals surface area contributed by atoms with Crippen molar-refractivity contribution in [1.29, 1.82) is 0 Å². The number of benzene rings is 20. The number of furan rings is 1. The Balaban J connectivity index is 0.000000129. The third-order valence-corrected chi connectivity index (χ3v) is 30.8. The maximum absolute atomic E-state index is 7.03. The summed E-state index contributed by atoms with van der Waals surface area (Å²) in [4.78, 5) is 5.69. The average molecular weight is 2030 g/mol. The van der Waals surface area contributed by atoms with E-state index in [0.717, 1.165) is 71.7 Å². The van der Waals surface area contributed by atoms with Crippen molar-refractivity contribution in [2.75, 3.05) is 15.1 Å². The van der Waals surface area contributed by atoms with E-state index in [1.165, 1.54) is 136 Å². The third-order valence-electron chi connectivity index (χ3n) is 29.0. The first-order valence-corrected chi connectivity index (χ1v) is 53.2. The van der Waals surface area contributed by atoms with Crippen LogP contribution in [0.25, 0.3) is 130 Å². The second-order valence-electron chi connectivity index (χ2n) is 37.5. The molecule has 2 heterocycles. The molecular weight excluding hydrogens is 1950 g/mol. The van der Waals surface area contributed by atoms with Gasteiger partial charge in [-0.2, -0.15) is 0 Å². The SMILES string of the molecule is Brc1ccc(-c2c(-c3ccccc3)sc3c4ccccc4c4ccccc4c23)cc1.CI.[B]B([B])B(B([B])[B])B(B(B([B])[B])B([B])[B])B(B([B])[B])B([B])[B].c1ccc(-c2oc3c4ccccc4c4ccccc4c3c2-c2ccc(N(c3ccccc3)c3ccc4c(c3)C(c3ccccc3)(c3ccccc3)c3ccccc3-4)cc2)cc1.c1ccc(Nc2ccc3c(c2)C(c2ccccc2)(c2ccccc2)c2ccccc2-3)cc1. The van der Waals surface area contributed by atoms with Gasteiger partial charge in [0.1, 0.15) is 11.3 Å². The highest BCUT2D eigenvalue weighted by molar-refractivity contribution is 14.1. The second-order valence-corrected chi connectivity index (χ2v) is 39.4. The van der Waals surface area contributed by atoms with Crippen LogP contribution in [0.15, 0.2) is 482 Å². The molecule has 0 bridgehead atoms. The number of rotatable bonds is 22. The summed E-state index contributed by atoms with van der Waals surface area (Å²) in [5.41, 5.74) is 28.1. The zero-order valence-corrected chi connectivity index (χ0v) is 85.8. The lowest BCUT2D eigenvalue weighted by Crippen LogP contribution is -2.83. The van der Waals surface area contributed by atoms with Gasteiger partial charge in [0.25, 0.3) is 0 Å². The summed E-state index contributed by atoms with van der Waals surface area (Å²) in [5, 5.41) is 16.1. The first-order chi connectivity index (χ1) is 71.9. The van der Waals surface area contributed by atoms with Crippen molar-refractivity contribution in [3.8, 4) is 66.3 Å². The van der Waals surface area contributed by atoms with E-state index < -0.39 is 69.3 Å². The summed E-state index contributed by atoms with van der Waals surface area (Å²) in [6.07, 6.45) is -8.34. The molecule has 20 aromatic carbocycles. The topological polar surface area (TPSA) is 28.4 Å². The Morgan fingerprint density at radius 1 is 0.265 bits per heavy atom. The fourth-order valence-electron chi connectivity index (χ4n) is 22.9. The van der Waals surface area contributed by atoms with E-state index in [0.29, 0.717) is 0 Å². The van der Waals surface area contributed by atoms with Gasteiger partial charge in [-0.05, 0) is 193 Å². The number of anilines is 5. The van der Waals surface area contributed by atoms with Crippen LogP contribution in [0.4, 0.5) is 28.4 Å². The molecule has 0 aliphatic heterocycles. The van der Waals surface area contributed by atoms with Gasteiger partial charge < -0.3 is 14.6 Å². The summed E-state index contributed by atoms with van der Waals surface area (Å²) in [6, 6.07) is 171. The van der Waals surface area contributed by atoms with Gasteiger partial charge in [-0.25, -0.2) is 0 Å². The number of nitrogens with zero attached hydrogens (tertiary/aromatic N) is 1. The summed E-state index contributed by atoms with van der Waals surface area (Å²) in [6.45, 7) is 0. The summed E-state index contributed by atoms with van der Waals surface area (Å²) >= 11 is 7.66. The predicted octanol–water partition coefficient (Wildman–Crippen LogP) is 25.7. The van der Waals surface area contributed by atoms with E-state index in [4.69, 9.17) is 97.3 Å². The Hall–Kier alpha value is -12.8. The minimum Gasteiger partial charge on any atom is -0.455 e. The lowest BCUT2D eigenvalue weighted by atomic mass is 8.36. The predicted molar refractivity (Wildman–Crippen MR) is 669 cm³/mol. The zero-order chi connectivity index (χ0) is 102. The van der Waals surface area contributed by atoms with Gasteiger partial charge in [-0.15, -0.1) is 11.3 Å². The van der Waals surface area contributed by atoms with Gasteiger partial charge >= 0.3 is 0 Å². The van der Waals surface area contributed by atoms with E-state index in [-0.39, 0.29) is 5.41 Å². The summed E-state index contributed by atoms with van der Waals surface area (Å²) < 4.78 is 9.49. The Morgan fingerprint density at radius 2 is 0.592 bits per heavy atom. The number of para-hydroxylation sites is 2. The first-order valence-electron chi connectivity index (χ1n) is 49.4. The third kappa shape index (κ3) is 19.5. The van der Waals surface area contributed by atoms with Gasteiger partial charge in [0, 0.05) is 237 Å². The molecule has 147 heavy (non-hydrogen) atoms. The van der Waals surface area contributed by atoms with Gasteiger partial charge in [0.2, 0.25) is 0 Å². The highest BCUT2D eigenvalue weighted by Gasteiger charge is 2.50. The van der Waals surface area contributed by atoms with Crippen molar-refractivity contribution >= 4 is 299 Å². The van der Waals surface area contributed by atoms with Crippen LogP contribution in [-0.4, -0.2) is 162 Å². The first kappa shape index (κ1) is 101. The molecule has 0 fully saturated rings. The molecule has 660 valence electrons. The highest BCUT2D eigenvalue weighted by Crippen LogP contribution is 2.60. The van der Waals surface area contributed by atoms with Crippen LogP contribution in [0, 0.1) is 0 Å². The minimum absolute atomic E-state index is 0.358. The number of hydrogen-bond acceptors (Lipinski definition) is 4. The summed E-state index contributed by atoms with van der Waals surface area (Å²) in [5.74, 6) is 0.876. The fourth-order valence-corrected chi connectivity index (χ4v) is 24.5. The monoisotopic (exact) mass is 2030 g/mol. The molecule has 24 rings (SSSR count). The van der Waals surface area contributed by atoms with Crippen LogP contribution in [0.3, 0.4) is 0 Å². The molecule has 3 nitrogen and oxygen atoms in total. The molecule has 0 saturated carbocycles. The molecule has 1 N–H and O–H groups in total. The lowest BCUT2D eigenvalue weighted by Gasteiger charge is -2.45. The van der Waals surface area contributed by atoms with Gasteiger partial charge in [0.05, 0.1) is 10.8 Å². The normalized spacial score (nSPS) is 11.9. The largest absolute Gasteiger partial charge is 0.455 e. The van der Waals surface area contributed by atoms with Crippen molar-refractivity contribution in [3.63, 3.8) is 0 Å². The van der Waals surface area contributed by atoms with Gasteiger partial charge in [0.15, 0.2) is 0 Å². The Kier molecular flexibility index (Phi) is 31.1. The van der Waals surface area contributed by atoms with Crippen molar-refractivity contribution in [3.05, 3.63) is 522 Å². The number of nitrogens with one attached hydrogen (secondary N) is 1. The molecule has 0 atom stereocenters. The molecular formula is C119H82B22BrIN2OS. The fraction of sp³-hybridized carbons (Fsp3) is 0.0252. The van der Waals surface area contributed by atoms with Crippen LogP contribution in [0.2, 0.25) is 0 Å².